The molecule has 1 aliphatic rings. The Bertz CT molecular complexity index is 850. The largest absolute Gasteiger partial charge is 0.342 e. The first-order valence-corrected chi connectivity index (χ1v) is 8.28. The fourth-order valence-electron chi connectivity index (χ4n) is 2.93. The zero-order valence-corrected chi connectivity index (χ0v) is 13.9. The molecule has 1 fully saturated rings. The number of carbonyl (C=O) groups excluding carboxylic acids is 1. The molecule has 25 heavy (non-hydrogen) atoms. The Morgan fingerprint density at radius 2 is 2.12 bits per heavy atom. The molecule has 4 rings (SSSR count). The van der Waals surface area contributed by atoms with Gasteiger partial charge in [0.1, 0.15) is 12.2 Å². The summed E-state index contributed by atoms with van der Waals surface area (Å²) in [5, 5.41) is 14.2. The van der Waals surface area contributed by atoms with Gasteiger partial charge in [-0.1, -0.05) is 12.1 Å². The van der Waals surface area contributed by atoms with Crippen molar-refractivity contribution >= 4 is 5.91 Å². The smallest absolute Gasteiger partial charge is 0.251 e. The maximum atomic E-state index is 12.6. The van der Waals surface area contributed by atoms with Crippen molar-refractivity contribution in [2.45, 2.75) is 25.4 Å². The van der Waals surface area contributed by atoms with Crippen molar-refractivity contribution in [2.24, 2.45) is 13.0 Å². The number of tetrazole rings is 1. The highest BCUT2D eigenvalue weighted by atomic mass is 16.1. The number of aryl methyl sites for hydroxylation is 1. The second-order valence-corrected chi connectivity index (χ2v) is 6.39. The first-order valence-electron chi connectivity index (χ1n) is 8.28. The van der Waals surface area contributed by atoms with E-state index in [1.165, 1.54) is 0 Å². The number of hydrogen-bond donors (Lipinski definition) is 1. The van der Waals surface area contributed by atoms with Crippen molar-refractivity contribution in [3.8, 4) is 0 Å². The van der Waals surface area contributed by atoms with E-state index < -0.39 is 0 Å². The lowest BCUT2D eigenvalue weighted by molar-refractivity contribution is 0.0929. The lowest BCUT2D eigenvalue weighted by Gasteiger charge is -2.18. The minimum atomic E-state index is -0.0751. The molecule has 1 amide bonds. The number of nitrogens with zero attached hydrogens (tertiary/aromatic N) is 6. The van der Waals surface area contributed by atoms with Gasteiger partial charge in [-0.05, 0) is 46.9 Å². The highest BCUT2D eigenvalue weighted by Crippen LogP contribution is 2.40. The van der Waals surface area contributed by atoms with Gasteiger partial charge in [0.05, 0.1) is 12.6 Å². The number of aromatic nitrogens is 6. The Kier molecular flexibility index (Phi) is 4.01. The lowest BCUT2D eigenvalue weighted by Crippen LogP contribution is -2.31. The van der Waals surface area contributed by atoms with Crippen molar-refractivity contribution < 1.29 is 4.79 Å². The number of nitrogens with one attached hydrogen (secondary N) is 1. The van der Waals surface area contributed by atoms with Gasteiger partial charge < -0.3 is 9.88 Å². The standard InChI is InChI=1S/C17H19N7O/c1-23-9-8-18-16(23)15(13-6-7-13)20-17(25)14-4-2-12(3-5-14)10-24-11-19-21-22-24/h2-5,8-9,11,13,15H,6-7,10H2,1H3,(H,20,25)/t15-/m0/s1. The summed E-state index contributed by atoms with van der Waals surface area (Å²) in [5.74, 6) is 1.31. The SMILES string of the molecule is Cn1ccnc1[C@@H](NC(=O)c1ccc(Cn2cnnn2)cc1)C1CC1. The maximum Gasteiger partial charge on any atom is 0.251 e. The molecule has 0 spiro atoms. The molecule has 1 atom stereocenters. The summed E-state index contributed by atoms with van der Waals surface area (Å²) in [6.07, 6.45) is 7.49. The quantitative estimate of drug-likeness (QED) is 0.733. The minimum absolute atomic E-state index is 0.0339. The first-order chi connectivity index (χ1) is 12.2. The molecule has 0 bridgehead atoms. The third kappa shape index (κ3) is 3.42. The van der Waals surface area contributed by atoms with Crippen molar-refractivity contribution in [3.05, 3.63) is 59.9 Å². The van der Waals surface area contributed by atoms with E-state index in [2.05, 4.69) is 25.8 Å². The van der Waals surface area contributed by atoms with Crippen molar-refractivity contribution in [3.63, 3.8) is 0 Å². The van der Waals surface area contributed by atoms with Crippen LogP contribution in [0.2, 0.25) is 0 Å². The van der Waals surface area contributed by atoms with Crippen LogP contribution in [0.15, 0.2) is 43.0 Å². The molecule has 128 valence electrons. The molecule has 0 unspecified atom stereocenters. The Labute approximate surface area is 144 Å². The molecule has 2 heterocycles. The normalized spacial score (nSPS) is 15.1. The van der Waals surface area contributed by atoms with Gasteiger partial charge in [0.15, 0.2) is 0 Å². The van der Waals surface area contributed by atoms with Crippen LogP contribution in [0.1, 0.15) is 40.6 Å². The van der Waals surface area contributed by atoms with Gasteiger partial charge in [-0.25, -0.2) is 9.67 Å². The molecule has 8 nitrogen and oxygen atoms in total. The van der Waals surface area contributed by atoms with Gasteiger partial charge in [-0.2, -0.15) is 0 Å². The Hall–Kier alpha value is -3.03. The van der Waals surface area contributed by atoms with Gasteiger partial charge >= 0.3 is 0 Å². The van der Waals surface area contributed by atoms with Crippen molar-refractivity contribution in [2.75, 3.05) is 0 Å². The molecule has 1 saturated carbocycles. The molecular formula is C17H19N7O. The summed E-state index contributed by atoms with van der Waals surface area (Å²) in [6, 6.07) is 7.47. The van der Waals surface area contributed by atoms with E-state index in [-0.39, 0.29) is 11.9 Å². The van der Waals surface area contributed by atoms with E-state index in [1.807, 2.05) is 42.1 Å². The van der Waals surface area contributed by atoms with Gasteiger partial charge in [0, 0.05) is 25.0 Å². The predicted molar refractivity (Wildman–Crippen MR) is 89.5 cm³/mol. The molecule has 1 aromatic carbocycles. The topological polar surface area (TPSA) is 90.5 Å². The molecule has 0 radical (unpaired) electrons. The van der Waals surface area contributed by atoms with Gasteiger partial charge in [0.25, 0.3) is 5.91 Å². The average molecular weight is 337 g/mol. The number of rotatable bonds is 6. The van der Waals surface area contributed by atoms with Gasteiger partial charge in [-0.15, -0.1) is 5.10 Å². The van der Waals surface area contributed by atoms with Crippen LogP contribution in [0.4, 0.5) is 0 Å². The van der Waals surface area contributed by atoms with E-state index in [0.717, 1.165) is 24.2 Å². The molecule has 1 aliphatic carbocycles. The average Bonchev–Trinajstić information content (AvgIpc) is 3.17. The van der Waals surface area contributed by atoms with E-state index in [1.54, 1.807) is 17.2 Å². The second kappa shape index (κ2) is 6.46. The van der Waals surface area contributed by atoms with Crippen LogP contribution >= 0.6 is 0 Å². The highest BCUT2D eigenvalue weighted by Gasteiger charge is 2.35. The van der Waals surface area contributed by atoms with Crippen LogP contribution in [0.3, 0.4) is 0 Å². The third-order valence-corrected chi connectivity index (χ3v) is 4.47. The fraction of sp³-hybridized carbons (Fsp3) is 0.353. The molecule has 8 heteroatoms. The molecule has 0 aliphatic heterocycles. The van der Waals surface area contributed by atoms with Gasteiger partial charge in [0.2, 0.25) is 0 Å². The number of hydrogen-bond acceptors (Lipinski definition) is 5. The Morgan fingerprint density at radius 1 is 1.32 bits per heavy atom. The highest BCUT2D eigenvalue weighted by molar-refractivity contribution is 5.94. The summed E-state index contributed by atoms with van der Waals surface area (Å²) in [7, 11) is 1.96. The third-order valence-electron chi connectivity index (χ3n) is 4.47. The van der Waals surface area contributed by atoms with Crippen LogP contribution < -0.4 is 5.32 Å². The van der Waals surface area contributed by atoms with Crippen LogP contribution in [0.5, 0.6) is 0 Å². The molecule has 3 aromatic rings. The fourth-order valence-corrected chi connectivity index (χ4v) is 2.93. The predicted octanol–water partition coefficient (Wildman–Crippen LogP) is 1.34. The van der Waals surface area contributed by atoms with Crippen LogP contribution in [-0.4, -0.2) is 35.7 Å². The summed E-state index contributed by atoms with van der Waals surface area (Å²) in [6.45, 7) is 0.576. The van der Waals surface area contributed by atoms with Crippen LogP contribution in [0, 0.1) is 5.92 Å². The number of carbonyl (C=O) groups is 1. The maximum absolute atomic E-state index is 12.6. The zero-order chi connectivity index (χ0) is 17.2. The summed E-state index contributed by atoms with van der Waals surface area (Å²) in [5.41, 5.74) is 1.67. The summed E-state index contributed by atoms with van der Waals surface area (Å²) >= 11 is 0. The van der Waals surface area contributed by atoms with E-state index in [0.29, 0.717) is 18.0 Å². The Morgan fingerprint density at radius 3 is 2.72 bits per heavy atom. The summed E-state index contributed by atoms with van der Waals surface area (Å²) < 4.78 is 3.61. The molecule has 1 N–H and O–H groups in total. The molecule has 0 saturated heterocycles. The second-order valence-electron chi connectivity index (χ2n) is 6.39. The van der Waals surface area contributed by atoms with Crippen LogP contribution in [-0.2, 0) is 13.6 Å². The monoisotopic (exact) mass is 337 g/mol. The van der Waals surface area contributed by atoms with Gasteiger partial charge in [-0.3, -0.25) is 4.79 Å². The minimum Gasteiger partial charge on any atom is -0.342 e. The van der Waals surface area contributed by atoms with E-state index in [9.17, 15) is 4.79 Å². The molecule has 2 aromatic heterocycles. The van der Waals surface area contributed by atoms with Crippen molar-refractivity contribution in [1.82, 2.24) is 35.1 Å². The lowest BCUT2D eigenvalue weighted by atomic mass is 10.1. The van der Waals surface area contributed by atoms with E-state index in [4.69, 9.17) is 0 Å². The first kappa shape index (κ1) is 15.5. The summed E-state index contributed by atoms with van der Waals surface area (Å²) in [4.78, 5) is 17.0. The zero-order valence-electron chi connectivity index (χ0n) is 13.9. The van der Waals surface area contributed by atoms with Crippen molar-refractivity contribution in [1.29, 1.82) is 0 Å². The Balaban J connectivity index is 1.46. The molecular weight excluding hydrogens is 318 g/mol. The number of imidazole rings is 1. The number of amides is 1. The van der Waals surface area contributed by atoms with E-state index >= 15 is 0 Å². The number of benzene rings is 1. The van der Waals surface area contributed by atoms with Crippen LogP contribution in [0.25, 0.3) is 0 Å².